The Balaban J connectivity index is 1.53. The van der Waals surface area contributed by atoms with Gasteiger partial charge < -0.3 is 19.3 Å². The van der Waals surface area contributed by atoms with Crippen LogP contribution < -0.4 is 15.4 Å². The SMILES string of the molecule is COC(=O)Nc1ccc(C(CCN(Cc2ccccc2)CC(O)COc2ccccc2)c2ccc(NC(=O)OC)cc2)cc1. The van der Waals surface area contributed by atoms with E-state index in [2.05, 4.69) is 27.7 Å². The van der Waals surface area contributed by atoms with Crippen molar-refractivity contribution in [3.63, 3.8) is 0 Å². The third-order valence-corrected chi connectivity index (χ3v) is 7.13. The zero-order valence-electron chi connectivity index (χ0n) is 25.0. The number of hydrogen-bond acceptors (Lipinski definition) is 7. The monoisotopic (exact) mass is 597 g/mol. The van der Waals surface area contributed by atoms with Gasteiger partial charge in [0.1, 0.15) is 18.5 Å². The second-order valence-corrected chi connectivity index (χ2v) is 10.3. The van der Waals surface area contributed by atoms with Crippen molar-refractivity contribution in [1.29, 1.82) is 0 Å². The molecule has 4 rings (SSSR count). The van der Waals surface area contributed by atoms with E-state index in [-0.39, 0.29) is 12.5 Å². The molecule has 1 unspecified atom stereocenters. The predicted molar refractivity (Wildman–Crippen MR) is 171 cm³/mol. The van der Waals surface area contributed by atoms with Crippen LogP contribution in [0.25, 0.3) is 0 Å². The molecular formula is C35H39N3O6. The summed E-state index contributed by atoms with van der Waals surface area (Å²) < 4.78 is 15.2. The third-order valence-electron chi connectivity index (χ3n) is 7.13. The highest BCUT2D eigenvalue weighted by Crippen LogP contribution is 2.31. The smallest absolute Gasteiger partial charge is 0.411 e. The molecule has 1 atom stereocenters. The topological polar surface area (TPSA) is 109 Å². The molecule has 0 aliphatic heterocycles. The molecule has 0 aliphatic carbocycles. The summed E-state index contributed by atoms with van der Waals surface area (Å²) in [6.45, 7) is 1.96. The molecule has 2 amide bonds. The summed E-state index contributed by atoms with van der Waals surface area (Å²) in [6, 6.07) is 35.0. The fourth-order valence-corrected chi connectivity index (χ4v) is 4.91. The van der Waals surface area contributed by atoms with Crippen molar-refractivity contribution in [3.05, 3.63) is 126 Å². The minimum absolute atomic E-state index is 0.00895. The number of nitrogens with one attached hydrogen (secondary N) is 2. The van der Waals surface area contributed by atoms with E-state index in [1.54, 1.807) is 0 Å². The molecule has 0 saturated heterocycles. The standard InChI is InChI=1S/C35H39N3O6/c1-42-34(40)36-29-17-13-27(14-18-29)33(28-15-19-30(20-16-28)37-35(41)43-2)21-22-38(23-26-9-5-3-6-10-26)24-31(39)25-44-32-11-7-4-8-12-32/h3-20,31,33,39H,21-25H2,1-2H3,(H,36,40)(H,37,41). The first-order valence-electron chi connectivity index (χ1n) is 14.5. The van der Waals surface area contributed by atoms with Crippen LogP contribution in [-0.2, 0) is 16.0 Å². The van der Waals surface area contributed by atoms with Crippen LogP contribution in [0.2, 0.25) is 0 Å². The van der Waals surface area contributed by atoms with Crippen LogP contribution in [0, 0.1) is 0 Å². The van der Waals surface area contributed by atoms with Crippen molar-refractivity contribution in [2.75, 3.05) is 44.5 Å². The molecule has 0 bridgehead atoms. The van der Waals surface area contributed by atoms with Gasteiger partial charge in [0.25, 0.3) is 0 Å². The molecule has 9 heteroatoms. The van der Waals surface area contributed by atoms with Gasteiger partial charge in [-0.15, -0.1) is 0 Å². The summed E-state index contributed by atoms with van der Waals surface area (Å²) in [7, 11) is 2.65. The van der Waals surface area contributed by atoms with Crippen LogP contribution in [0.15, 0.2) is 109 Å². The summed E-state index contributed by atoms with van der Waals surface area (Å²) >= 11 is 0. The Labute approximate surface area is 258 Å². The third kappa shape index (κ3) is 10.1. The highest BCUT2D eigenvalue weighted by atomic mass is 16.5. The van der Waals surface area contributed by atoms with Crippen molar-refractivity contribution in [2.24, 2.45) is 0 Å². The maximum absolute atomic E-state index is 11.7. The fourth-order valence-electron chi connectivity index (χ4n) is 4.91. The van der Waals surface area contributed by atoms with E-state index in [9.17, 15) is 14.7 Å². The molecule has 0 radical (unpaired) electrons. The van der Waals surface area contributed by atoms with Crippen LogP contribution in [0.5, 0.6) is 5.75 Å². The summed E-state index contributed by atoms with van der Waals surface area (Å²) in [6.07, 6.45) is -1.01. The number of aliphatic hydroxyl groups excluding tert-OH is 1. The normalized spacial score (nSPS) is 11.6. The van der Waals surface area contributed by atoms with Gasteiger partial charge in [-0.05, 0) is 66.1 Å². The Hall–Kier alpha value is -4.86. The molecule has 0 aromatic heterocycles. The van der Waals surface area contributed by atoms with Crippen molar-refractivity contribution >= 4 is 23.6 Å². The first-order chi connectivity index (χ1) is 21.4. The average molecular weight is 598 g/mol. The number of ether oxygens (including phenoxy) is 3. The van der Waals surface area contributed by atoms with Crippen LogP contribution in [0.1, 0.15) is 29.0 Å². The first kappa shape index (κ1) is 32.1. The van der Waals surface area contributed by atoms with Gasteiger partial charge in [-0.3, -0.25) is 15.5 Å². The number of para-hydroxylation sites is 1. The number of carbonyl (C=O) groups excluding carboxylic acids is 2. The van der Waals surface area contributed by atoms with E-state index in [0.29, 0.717) is 31.0 Å². The van der Waals surface area contributed by atoms with Crippen molar-refractivity contribution in [3.8, 4) is 5.75 Å². The highest BCUT2D eigenvalue weighted by Gasteiger charge is 2.19. The van der Waals surface area contributed by atoms with Crippen molar-refractivity contribution in [2.45, 2.75) is 25.0 Å². The van der Waals surface area contributed by atoms with E-state index >= 15 is 0 Å². The summed E-state index contributed by atoms with van der Waals surface area (Å²) in [5, 5.41) is 16.3. The van der Waals surface area contributed by atoms with Gasteiger partial charge in [0, 0.05) is 30.4 Å². The zero-order valence-corrected chi connectivity index (χ0v) is 25.0. The average Bonchev–Trinajstić information content (AvgIpc) is 3.06. The summed E-state index contributed by atoms with van der Waals surface area (Å²) in [5.41, 5.74) is 4.52. The number of nitrogens with zero attached hydrogens (tertiary/aromatic N) is 1. The molecule has 9 nitrogen and oxygen atoms in total. The first-order valence-corrected chi connectivity index (χ1v) is 14.5. The van der Waals surface area contributed by atoms with Crippen molar-refractivity contribution in [1.82, 2.24) is 4.90 Å². The zero-order chi connectivity index (χ0) is 31.1. The van der Waals surface area contributed by atoms with Crippen LogP contribution in [0.3, 0.4) is 0 Å². The molecule has 4 aromatic rings. The number of anilines is 2. The molecule has 0 spiro atoms. The predicted octanol–water partition coefficient (Wildman–Crippen LogP) is 6.51. The number of methoxy groups -OCH3 is 2. The Morgan fingerprint density at radius 3 is 1.73 bits per heavy atom. The fraction of sp³-hybridized carbons (Fsp3) is 0.257. The molecule has 4 aromatic carbocycles. The molecule has 44 heavy (non-hydrogen) atoms. The number of hydrogen-bond donors (Lipinski definition) is 3. The van der Waals surface area contributed by atoms with Gasteiger partial charge in [-0.1, -0.05) is 72.8 Å². The van der Waals surface area contributed by atoms with Gasteiger partial charge in [0.15, 0.2) is 0 Å². The number of rotatable bonds is 14. The van der Waals surface area contributed by atoms with E-state index in [0.717, 1.165) is 28.9 Å². The number of carbonyl (C=O) groups is 2. The summed E-state index contributed by atoms with van der Waals surface area (Å²) in [5.74, 6) is 0.710. The van der Waals surface area contributed by atoms with Crippen LogP contribution >= 0.6 is 0 Å². The number of aliphatic hydroxyl groups is 1. The minimum atomic E-state index is -0.690. The number of benzene rings is 4. The molecule has 0 fully saturated rings. The van der Waals surface area contributed by atoms with Crippen molar-refractivity contribution < 1.29 is 28.9 Å². The highest BCUT2D eigenvalue weighted by molar-refractivity contribution is 5.85. The molecule has 0 saturated carbocycles. The minimum Gasteiger partial charge on any atom is -0.491 e. The Morgan fingerprint density at radius 2 is 1.23 bits per heavy atom. The Bertz CT molecular complexity index is 1370. The van der Waals surface area contributed by atoms with Crippen LogP contribution in [0.4, 0.5) is 21.0 Å². The summed E-state index contributed by atoms with van der Waals surface area (Å²) in [4.78, 5) is 25.6. The van der Waals surface area contributed by atoms with Gasteiger partial charge in [0.2, 0.25) is 0 Å². The Morgan fingerprint density at radius 1 is 0.727 bits per heavy atom. The van der Waals surface area contributed by atoms with E-state index in [1.807, 2.05) is 97.1 Å². The van der Waals surface area contributed by atoms with Gasteiger partial charge in [-0.25, -0.2) is 9.59 Å². The number of amides is 2. The second-order valence-electron chi connectivity index (χ2n) is 10.3. The van der Waals surface area contributed by atoms with E-state index in [4.69, 9.17) is 14.2 Å². The van der Waals surface area contributed by atoms with E-state index in [1.165, 1.54) is 14.2 Å². The largest absolute Gasteiger partial charge is 0.491 e. The van der Waals surface area contributed by atoms with Gasteiger partial charge in [-0.2, -0.15) is 0 Å². The molecule has 0 heterocycles. The van der Waals surface area contributed by atoms with Gasteiger partial charge >= 0.3 is 12.2 Å². The maximum Gasteiger partial charge on any atom is 0.411 e. The lowest BCUT2D eigenvalue weighted by atomic mass is 9.88. The lowest BCUT2D eigenvalue weighted by molar-refractivity contribution is 0.0647. The lowest BCUT2D eigenvalue weighted by Gasteiger charge is -2.28. The second kappa shape index (κ2) is 16.7. The molecular weight excluding hydrogens is 558 g/mol. The van der Waals surface area contributed by atoms with E-state index < -0.39 is 18.3 Å². The quantitative estimate of drug-likeness (QED) is 0.152. The lowest BCUT2D eigenvalue weighted by Crippen LogP contribution is -2.36. The maximum atomic E-state index is 11.7. The molecule has 0 aliphatic rings. The molecule has 3 N–H and O–H groups in total. The van der Waals surface area contributed by atoms with Gasteiger partial charge in [0.05, 0.1) is 14.2 Å². The molecule has 230 valence electrons. The Kier molecular flexibility index (Phi) is 12.2. The van der Waals surface area contributed by atoms with Crippen LogP contribution in [-0.4, -0.2) is 62.2 Å².